The number of para-hydroxylation sites is 1. The maximum absolute atomic E-state index is 11.0. The van der Waals surface area contributed by atoms with Gasteiger partial charge in [0.1, 0.15) is 5.75 Å². The Morgan fingerprint density at radius 3 is 2.61 bits per heavy atom. The van der Waals surface area contributed by atoms with Crippen LogP contribution in [-0.4, -0.2) is 36.8 Å². The number of aliphatic hydroxyl groups excluding tert-OH is 1. The smallest absolute Gasteiger partial charge is 0.154 e. The highest BCUT2D eigenvalue weighted by Gasteiger charge is 2.22. The fraction of sp³-hybridized carbons (Fsp3) is 0.500. The first-order chi connectivity index (χ1) is 8.81. The minimum atomic E-state index is -0.734. The first-order valence-electron chi connectivity index (χ1n) is 6.21. The number of rotatable bonds is 9. The lowest BCUT2D eigenvalue weighted by molar-refractivity contribution is -0.126. The topological polar surface area (TPSA) is 55.8 Å². The van der Waals surface area contributed by atoms with Gasteiger partial charge in [0.2, 0.25) is 0 Å². The van der Waals surface area contributed by atoms with E-state index in [2.05, 4.69) is 0 Å². The Morgan fingerprint density at radius 2 is 2.06 bits per heavy atom. The van der Waals surface area contributed by atoms with E-state index >= 15 is 0 Å². The Labute approximate surface area is 108 Å². The van der Waals surface area contributed by atoms with E-state index in [0.29, 0.717) is 18.6 Å². The van der Waals surface area contributed by atoms with Gasteiger partial charge in [-0.15, -0.1) is 0 Å². The summed E-state index contributed by atoms with van der Waals surface area (Å²) in [5.74, 6) is 0.613. The Hall–Kier alpha value is -1.39. The van der Waals surface area contributed by atoms with Crippen molar-refractivity contribution in [3.8, 4) is 5.75 Å². The van der Waals surface area contributed by atoms with Gasteiger partial charge in [-0.05, 0) is 18.6 Å². The van der Waals surface area contributed by atoms with Crippen LogP contribution in [0.4, 0.5) is 0 Å². The molecule has 4 nitrogen and oxygen atoms in total. The van der Waals surface area contributed by atoms with Crippen LogP contribution in [0.15, 0.2) is 30.3 Å². The van der Waals surface area contributed by atoms with E-state index in [1.807, 2.05) is 25.1 Å². The highest BCUT2D eigenvalue weighted by atomic mass is 16.5. The van der Waals surface area contributed by atoms with Crippen molar-refractivity contribution in [2.45, 2.75) is 32.0 Å². The lowest BCUT2D eigenvalue weighted by Gasteiger charge is -2.22. The second-order valence-corrected chi connectivity index (χ2v) is 3.98. The van der Waals surface area contributed by atoms with Gasteiger partial charge in [-0.3, -0.25) is 0 Å². The monoisotopic (exact) mass is 252 g/mol. The molecule has 1 N–H and O–H groups in total. The second kappa shape index (κ2) is 8.66. The fourth-order valence-corrected chi connectivity index (χ4v) is 1.48. The molecular weight excluding hydrogens is 232 g/mol. The van der Waals surface area contributed by atoms with Gasteiger partial charge < -0.3 is 19.4 Å². The van der Waals surface area contributed by atoms with Crippen molar-refractivity contribution < 1.29 is 19.4 Å². The lowest BCUT2D eigenvalue weighted by Crippen LogP contribution is -2.38. The summed E-state index contributed by atoms with van der Waals surface area (Å²) in [6.07, 6.45) is 1.16. The van der Waals surface area contributed by atoms with Crippen molar-refractivity contribution in [3.05, 3.63) is 30.3 Å². The second-order valence-electron chi connectivity index (χ2n) is 3.98. The molecule has 0 radical (unpaired) electrons. The van der Waals surface area contributed by atoms with Gasteiger partial charge in [0.25, 0.3) is 0 Å². The number of ether oxygens (including phenoxy) is 2. The van der Waals surface area contributed by atoms with Crippen molar-refractivity contribution in [3.63, 3.8) is 0 Å². The van der Waals surface area contributed by atoms with Crippen LogP contribution in [-0.2, 0) is 9.53 Å². The van der Waals surface area contributed by atoms with Crippen LogP contribution in [0.5, 0.6) is 5.75 Å². The van der Waals surface area contributed by atoms with Gasteiger partial charge in [0, 0.05) is 6.61 Å². The van der Waals surface area contributed by atoms with E-state index in [1.165, 1.54) is 0 Å². The molecule has 0 aliphatic carbocycles. The van der Waals surface area contributed by atoms with Crippen LogP contribution in [0.25, 0.3) is 0 Å². The fourth-order valence-electron chi connectivity index (χ4n) is 1.48. The molecule has 0 spiro atoms. The van der Waals surface area contributed by atoms with Crippen LogP contribution in [0.2, 0.25) is 0 Å². The molecule has 0 amide bonds. The molecule has 100 valence electrons. The molecule has 0 fully saturated rings. The minimum Gasteiger partial charge on any atom is -0.485 e. The molecule has 1 rings (SSSR count). The van der Waals surface area contributed by atoms with Crippen LogP contribution in [0.3, 0.4) is 0 Å². The Kier molecular flexibility index (Phi) is 7.06. The zero-order valence-corrected chi connectivity index (χ0v) is 10.6. The number of aldehydes is 1. The van der Waals surface area contributed by atoms with Crippen LogP contribution < -0.4 is 4.74 Å². The average Bonchev–Trinajstić information content (AvgIpc) is 2.43. The van der Waals surface area contributed by atoms with Gasteiger partial charge in [-0.1, -0.05) is 31.5 Å². The van der Waals surface area contributed by atoms with Gasteiger partial charge >= 0.3 is 0 Å². The highest BCUT2D eigenvalue weighted by molar-refractivity contribution is 5.57. The third-order valence-corrected chi connectivity index (χ3v) is 2.52. The largest absolute Gasteiger partial charge is 0.485 e. The van der Waals surface area contributed by atoms with Gasteiger partial charge in [-0.2, -0.15) is 0 Å². The van der Waals surface area contributed by atoms with Gasteiger partial charge in [-0.25, -0.2) is 0 Å². The van der Waals surface area contributed by atoms with Crippen LogP contribution in [0, 0.1) is 0 Å². The van der Waals surface area contributed by atoms with Crippen molar-refractivity contribution >= 4 is 6.29 Å². The van der Waals surface area contributed by atoms with Crippen LogP contribution in [0.1, 0.15) is 19.8 Å². The van der Waals surface area contributed by atoms with E-state index in [9.17, 15) is 9.90 Å². The van der Waals surface area contributed by atoms with E-state index in [-0.39, 0.29) is 6.61 Å². The first-order valence-corrected chi connectivity index (χ1v) is 6.21. The number of aliphatic hydroxyl groups is 1. The third kappa shape index (κ3) is 4.85. The molecule has 0 unspecified atom stereocenters. The lowest BCUT2D eigenvalue weighted by atomic mass is 10.2. The zero-order chi connectivity index (χ0) is 13.2. The summed E-state index contributed by atoms with van der Waals surface area (Å²) in [5.41, 5.74) is 0. The molecule has 0 saturated heterocycles. The quantitative estimate of drug-likeness (QED) is 0.538. The average molecular weight is 252 g/mol. The molecule has 1 aromatic rings. The summed E-state index contributed by atoms with van der Waals surface area (Å²) >= 11 is 0. The van der Waals surface area contributed by atoms with E-state index in [4.69, 9.17) is 9.47 Å². The van der Waals surface area contributed by atoms with Crippen LogP contribution >= 0.6 is 0 Å². The number of carbonyl (C=O) groups excluding carboxylic acids is 1. The standard InChI is InChI=1S/C14H20O4/c1-2-3-9-17-13(10-15)14(11-16)18-12-7-5-4-6-8-12/h4-8,10,13-14,16H,2-3,9,11H2,1H3/t13-,14-/m1/s1. The maximum Gasteiger partial charge on any atom is 0.154 e. The van der Waals surface area contributed by atoms with Crippen molar-refractivity contribution in [2.24, 2.45) is 0 Å². The molecule has 0 bridgehead atoms. The summed E-state index contributed by atoms with van der Waals surface area (Å²) < 4.78 is 10.9. The number of carbonyl (C=O) groups is 1. The summed E-state index contributed by atoms with van der Waals surface area (Å²) in [5, 5.41) is 9.28. The predicted octanol–water partition coefficient (Wildman–Crippen LogP) is 1.81. The molecule has 0 aliphatic rings. The molecule has 0 aromatic heterocycles. The molecule has 2 atom stereocenters. The summed E-state index contributed by atoms with van der Waals surface area (Å²) in [4.78, 5) is 11.0. The highest BCUT2D eigenvalue weighted by Crippen LogP contribution is 2.13. The normalized spacial score (nSPS) is 13.9. The number of unbranched alkanes of at least 4 members (excludes halogenated alkanes) is 1. The number of hydrogen-bond donors (Lipinski definition) is 1. The van der Waals surface area contributed by atoms with Gasteiger partial charge in [0.05, 0.1) is 6.61 Å². The predicted molar refractivity (Wildman–Crippen MR) is 68.7 cm³/mol. The molecule has 0 saturated carbocycles. The Bertz CT molecular complexity index is 326. The summed E-state index contributed by atoms with van der Waals surface area (Å²) in [6, 6.07) is 9.08. The maximum atomic E-state index is 11.0. The molecular formula is C14H20O4. The molecule has 0 heterocycles. The summed E-state index contributed by atoms with van der Waals surface area (Å²) in [7, 11) is 0. The van der Waals surface area contributed by atoms with E-state index in [0.717, 1.165) is 12.8 Å². The SMILES string of the molecule is CCCCO[C@H](C=O)[C@@H](CO)Oc1ccccc1. The third-order valence-electron chi connectivity index (χ3n) is 2.52. The summed E-state index contributed by atoms with van der Waals surface area (Å²) in [6.45, 7) is 2.28. The van der Waals surface area contributed by atoms with Crippen molar-refractivity contribution in [1.29, 1.82) is 0 Å². The first kappa shape index (κ1) is 14.7. The Balaban J connectivity index is 2.54. The van der Waals surface area contributed by atoms with E-state index in [1.54, 1.807) is 12.1 Å². The molecule has 18 heavy (non-hydrogen) atoms. The van der Waals surface area contributed by atoms with Crippen molar-refractivity contribution in [1.82, 2.24) is 0 Å². The number of hydrogen-bond acceptors (Lipinski definition) is 4. The van der Waals surface area contributed by atoms with Gasteiger partial charge in [0.15, 0.2) is 18.5 Å². The number of benzene rings is 1. The zero-order valence-electron chi connectivity index (χ0n) is 10.6. The molecule has 1 aromatic carbocycles. The van der Waals surface area contributed by atoms with E-state index < -0.39 is 12.2 Å². The Morgan fingerprint density at radius 1 is 1.33 bits per heavy atom. The van der Waals surface area contributed by atoms with Crippen molar-refractivity contribution in [2.75, 3.05) is 13.2 Å². The minimum absolute atomic E-state index is 0.259. The molecule has 4 heteroatoms. The molecule has 0 aliphatic heterocycles.